The predicted molar refractivity (Wildman–Crippen MR) is 63.5 cm³/mol. The van der Waals surface area contributed by atoms with Gasteiger partial charge >= 0.3 is 0 Å². The largest absolute Gasteiger partial charge is 0.314 e. The summed E-state index contributed by atoms with van der Waals surface area (Å²) in [6.07, 6.45) is 9.06. The van der Waals surface area contributed by atoms with Gasteiger partial charge in [-0.25, -0.2) is 0 Å². The van der Waals surface area contributed by atoms with Crippen LogP contribution >= 0.6 is 0 Å². The van der Waals surface area contributed by atoms with Crippen molar-refractivity contribution in [3.05, 3.63) is 11.6 Å². The number of hydrogen-bond donors (Lipinski definition) is 1. The fourth-order valence-electron chi connectivity index (χ4n) is 2.01. The van der Waals surface area contributed by atoms with E-state index in [2.05, 4.69) is 32.2 Å². The second-order valence-electron chi connectivity index (χ2n) is 5.03. The van der Waals surface area contributed by atoms with Crippen LogP contribution < -0.4 is 5.32 Å². The SMILES string of the molecule is C/C(=C/CC(C)C)CC1CCCCN1. The zero-order chi connectivity index (χ0) is 10.4. The molecule has 1 heterocycles. The van der Waals surface area contributed by atoms with Gasteiger partial charge in [0.05, 0.1) is 0 Å². The molecule has 1 aliphatic rings. The Morgan fingerprint density at radius 1 is 1.43 bits per heavy atom. The van der Waals surface area contributed by atoms with Crippen LogP contribution in [0, 0.1) is 5.92 Å². The summed E-state index contributed by atoms with van der Waals surface area (Å²) >= 11 is 0. The van der Waals surface area contributed by atoms with Crippen LogP contribution in [0.5, 0.6) is 0 Å². The van der Waals surface area contributed by atoms with Crippen molar-refractivity contribution in [3.8, 4) is 0 Å². The molecule has 0 aromatic carbocycles. The molecule has 0 spiro atoms. The Morgan fingerprint density at radius 2 is 2.21 bits per heavy atom. The molecular weight excluding hydrogens is 170 g/mol. The van der Waals surface area contributed by atoms with Gasteiger partial charge < -0.3 is 5.32 Å². The minimum absolute atomic E-state index is 0.757. The summed E-state index contributed by atoms with van der Waals surface area (Å²) in [6, 6.07) is 0.757. The topological polar surface area (TPSA) is 12.0 Å². The average molecular weight is 195 g/mol. The highest BCUT2D eigenvalue weighted by Crippen LogP contribution is 2.15. The molecule has 1 heteroatoms. The van der Waals surface area contributed by atoms with Gasteiger partial charge in [0.25, 0.3) is 0 Å². The lowest BCUT2D eigenvalue weighted by Gasteiger charge is -2.23. The molecule has 0 amide bonds. The zero-order valence-electron chi connectivity index (χ0n) is 9.97. The highest BCUT2D eigenvalue weighted by molar-refractivity contribution is 5.01. The lowest BCUT2D eigenvalue weighted by Crippen LogP contribution is -2.33. The van der Waals surface area contributed by atoms with Crippen LogP contribution in [0.4, 0.5) is 0 Å². The second-order valence-corrected chi connectivity index (χ2v) is 5.03. The second kappa shape index (κ2) is 6.23. The molecule has 1 atom stereocenters. The van der Waals surface area contributed by atoms with Crippen LogP contribution in [0.15, 0.2) is 11.6 Å². The Kier molecular flexibility index (Phi) is 5.24. The summed E-state index contributed by atoms with van der Waals surface area (Å²) in [6.45, 7) is 8.06. The maximum Gasteiger partial charge on any atom is 0.0104 e. The van der Waals surface area contributed by atoms with Gasteiger partial charge in [0.15, 0.2) is 0 Å². The standard InChI is InChI=1S/C13H25N/c1-11(2)7-8-12(3)10-13-6-4-5-9-14-13/h8,11,13-14H,4-7,9-10H2,1-3H3/b12-8-. The van der Waals surface area contributed by atoms with E-state index < -0.39 is 0 Å². The van der Waals surface area contributed by atoms with Crippen molar-refractivity contribution in [2.45, 2.75) is 58.9 Å². The molecule has 1 nitrogen and oxygen atoms in total. The number of rotatable bonds is 4. The third-order valence-electron chi connectivity index (χ3n) is 2.92. The van der Waals surface area contributed by atoms with Crippen molar-refractivity contribution >= 4 is 0 Å². The van der Waals surface area contributed by atoms with Crippen LogP contribution in [0.2, 0.25) is 0 Å². The van der Waals surface area contributed by atoms with Gasteiger partial charge in [0.1, 0.15) is 0 Å². The molecule has 1 fully saturated rings. The number of piperidine rings is 1. The summed E-state index contributed by atoms with van der Waals surface area (Å²) in [7, 11) is 0. The van der Waals surface area contributed by atoms with Crippen molar-refractivity contribution in [2.75, 3.05) is 6.54 Å². The first kappa shape index (κ1) is 11.8. The summed E-state index contributed by atoms with van der Waals surface area (Å²) in [4.78, 5) is 0. The Labute approximate surface area is 89.0 Å². The van der Waals surface area contributed by atoms with E-state index in [4.69, 9.17) is 0 Å². The summed E-state index contributed by atoms with van der Waals surface area (Å²) < 4.78 is 0. The molecule has 1 N–H and O–H groups in total. The minimum atomic E-state index is 0.757. The molecule has 1 rings (SSSR count). The van der Waals surface area contributed by atoms with Crippen LogP contribution in [0.3, 0.4) is 0 Å². The van der Waals surface area contributed by atoms with Crippen LogP contribution in [0.25, 0.3) is 0 Å². The first-order valence-electron chi connectivity index (χ1n) is 6.07. The van der Waals surface area contributed by atoms with E-state index >= 15 is 0 Å². The van der Waals surface area contributed by atoms with Crippen molar-refractivity contribution in [3.63, 3.8) is 0 Å². The Balaban J connectivity index is 2.24. The van der Waals surface area contributed by atoms with Crippen molar-refractivity contribution in [2.24, 2.45) is 5.92 Å². The van der Waals surface area contributed by atoms with Gasteiger partial charge in [0.2, 0.25) is 0 Å². The Hall–Kier alpha value is -0.300. The Bertz CT molecular complexity index is 176. The monoisotopic (exact) mass is 195 g/mol. The average Bonchev–Trinajstić information content (AvgIpc) is 2.16. The molecule has 1 aliphatic heterocycles. The molecule has 0 aromatic rings. The normalized spacial score (nSPS) is 24.3. The Morgan fingerprint density at radius 3 is 2.79 bits per heavy atom. The highest BCUT2D eigenvalue weighted by atomic mass is 14.9. The third kappa shape index (κ3) is 4.80. The first-order chi connectivity index (χ1) is 6.68. The third-order valence-corrected chi connectivity index (χ3v) is 2.92. The predicted octanol–water partition coefficient (Wildman–Crippen LogP) is 3.51. The van der Waals surface area contributed by atoms with E-state index in [9.17, 15) is 0 Å². The van der Waals surface area contributed by atoms with Gasteiger partial charge in [-0.2, -0.15) is 0 Å². The van der Waals surface area contributed by atoms with Crippen LogP contribution in [0.1, 0.15) is 52.9 Å². The quantitative estimate of drug-likeness (QED) is 0.677. The van der Waals surface area contributed by atoms with Gasteiger partial charge in [-0.05, 0) is 45.1 Å². The molecule has 0 aromatic heterocycles. The molecule has 0 radical (unpaired) electrons. The molecule has 1 saturated heterocycles. The number of allylic oxidation sites excluding steroid dienone is 1. The van der Waals surface area contributed by atoms with Gasteiger partial charge in [-0.15, -0.1) is 0 Å². The van der Waals surface area contributed by atoms with Gasteiger partial charge in [0, 0.05) is 6.04 Å². The van der Waals surface area contributed by atoms with Crippen molar-refractivity contribution in [1.29, 1.82) is 0 Å². The highest BCUT2D eigenvalue weighted by Gasteiger charge is 2.12. The molecule has 1 unspecified atom stereocenters. The van der Waals surface area contributed by atoms with Crippen molar-refractivity contribution < 1.29 is 0 Å². The smallest absolute Gasteiger partial charge is 0.0104 e. The van der Waals surface area contributed by atoms with E-state index in [1.807, 2.05) is 0 Å². The minimum Gasteiger partial charge on any atom is -0.314 e. The molecular formula is C13H25N. The van der Waals surface area contributed by atoms with E-state index in [0.717, 1.165) is 12.0 Å². The number of nitrogens with one attached hydrogen (secondary N) is 1. The molecule has 0 bridgehead atoms. The van der Waals surface area contributed by atoms with E-state index in [-0.39, 0.29) is 0 Å². The molecule has 82 valence electrons. The van der Waals surface area contributed by atoms with E-state index in [1.165, 1.54) is 38.6 Å². The summed E-state index contributed by atoms with van der Waals surface area (Å²) in [5.41, 5.74) is 1.57. The lowest BCUT2D eigenvalue weighted by molar-refractivity contribution is 0.398. The van der Waals surface area contributed by atoms with Gasteiger partial charge in [-0.1, -0.05) is 31.9 Å². The molecule has 14 heavy (non-hydrogen) atoms. The maximum absolute atomic E-state index is 3.60. The summed E-state index contributed by atoms with van der Waals surface area (Å²) in [5.74, 6) is 0.796. The van der Waals surface area contributed by atoms with Crippen LogP contribution in [-0.4, -0.2) is 12.6 Å². The number of hydrogen-bond acceptors (Lipinski definition) is 1. The van der Waals surface area contributed by atoms with Crippen LogP contribution in [-0.2, 0) is 0 Å². The van der Waals surface area contributed by atoms with E-state index in [0.29, 0.717) is 0 Å². The van der Waals surface area contributed by atoms with Crippen molar-refractivity contribution in [1.82, 2.24) is 5.32 Å². The zero-order valence-corrected chi connectivity index (χ0v) is 9.97. The maximum atomic E-state index is 3.60. The fraction of sp³-hybridized carbons (Fsp3) is 0.846. The van der Waals surface area contributed by atoms with E-state index in [1.54, 1.807) is 5.57 Å². The molecule has 0 saturated carbocycles. The molecule has 0 aliphatic carbocycles. The first-order valence-corrected chi connectivity index (χ1v) is 6.07. The van der Waals surface area contributed by atoms with Gasteiger partial charge in [-0.3, -0.25) is 0 Å². The lowest BCUT2D eigenvalue weighted by atomic mass is 9.97. The summed E-state index contributed by atoms with van der Waals surface area (Å²) in [5, 5.41) is 3.60. The fourth-order valence-corrected chi connectivity index (χ4v) is 2.01.